The van der Waals surface area contributed by atoms with Gasteiger partial charge in [0.25, 0.3) is 0 Å². The molecule has 2 atom stereocenters. The Balaban J connectivity index is 1.60. The summed E-state index contributed by atoms with van der Waals surface area (Å²) in [6.07, 6.45) is 2.64. The van der Waals surface area contributed by atoms with Crippen molar-refractivity contribution >= 4 is 23.5 Å². The van der Waals surface area contributed by atoms with Gasteiger partial charge in [0, 0.05) is 25.6 Å². The standard InChI is InChI=1S/C20H26N4O4S/c1-13(18(26)16-7-5-15(6-8-16)9-10-21-14(2)25)29-20-23-22-19(27)24(20)12-17-4-3-11-28-17/h5-8,13,17H,3-4,9-12H2,1-2H3,(H,21,25)(H,22,27). The molecule has 1 aromatic carbocycles. The Morgan fingerprint density at radius 3 is 2.79 bits per heavy atom. The highest BCUT2D eigenvalue weighted by Crippen LogP contribution is 2.24. The number of rotatable bonds is 9. The maximum absolute atomic E-state index is 12.8. The van der Waals surface area contributed by atoms with Gasteiger partial charge in [0.2, 0.25) is 5.91 Å². The second-order valence-electron chi connectivity index (χ2n) is 7.11. The minimum Gasteiger partial charge on any atom is -0.376 e. The highest BCUT2D eigenvalue weighted by molar-refractivity contribution is 8.00. The van der Waals surface area contributed by atoms with Crippen LogP contribution in [-0.2, 0) is 22.5 Å². The molecule has 1 aliphatic heterocycles. The van der Waals surface area contributed by atoms with Crippen LogP contribution < -0.4 is 11.0 Å². The third-order valence-electron chi connectivity index (χ3n) is 4.81. The topological polar surface area (TPSA) is 106 Å². The summed E-state index contributed by atoms with van der Waals surface area (Å²) in [7, 11) is 0. The zero-order valence-electron chi connectivity index (χ0n) is 16.6. The summed E-state index contributed by atoms with van der Waals surface area (Å²) < 4.78 is 7.16. The predicted molar refractivity (Wildman–Crippen MR) is 110 cm³/mol. The summed E-state index contributed by atoms with van der Waals surface area (Å²) in [6.45, 7) is 5.03. The molecule has 3 rings (SSSR count). The van der Waals surface area contributed by atoms with Crippen LogP contribution in [0.2, 0.25) is 0 Å². The van der Waals surface area contributed by atoms with Crippen LogP contribution >= 0.6 is 11.8 Å². The lowest BCUT2D eigenvalue weighted by Gasteiger charge is -2.13. The molecule has 1 saturated heterocycles. The number of nitrogens with one attached hydrogen (secondary N) is 2. The van der Waals surface area contributed by atoms with E-state index >= 15 is 0 Å². The van der Waals surface area contributed by atoms with E-state index in [1.807, 2.05) is 19.1 Å². The van der Waals surface area contributed by atoms with E-state index in [1.54, 1.807) is 16.7 Å². The quantitative estimate of drug-likeness (QED) is 0.475. The predicted octanol–water partition coefficient (Wildman–Crippen LogP) is 1.79. The molecule has 0 saturated carbocycles. The van der Waals surface area contributed by atoms with Crippen LogP contribution in [-0.4, -0.2) is 51.0 Å². The number of benzene rings is 1. The van der Waals surface area contributed by atoms with Crippen LogP contribution in [0, 0.1) is 0 Å². The van der Waals surface area contributed by atoms with E-state index in [0.29, 0.717) is 30.2 Å². The van der Waals surface area contributed by atoms with Gasteiger partial charge in [-0.1, -0.05) is 36.0 Å². The number of H-pyrrole nitrogens is 1. The maximum atomic E-state index is 12.8. The summed E-state index contributed by atoms with van der Waals surface area (Å²) in [5.74, 6) is -0.0819. The van der Waals surface area contributed by atoms with Gasteiger partial charge < -0.3 is 10.1 Å². The highest BCUT2D eigenvalue weighted by atomic mass is 32.2. The highest BCUT2D eigenvalue weighted by Gasteiger charge is 2.23. The van der Waals surface area contributed by atoms with Gasteiger partial charge in [-0.25, -0.2) is 9.89 Å². The Labute approximate surface area is 173 Å². The van der Waals surface area contributed by atoms with Crippen molar-refractivity contribution in [3.63, 3.8) is 0 Å². The molecular weight excluding hydrogens is 392 g/mol. The average Bonchev–Trinajstić information content (AvgIpc) is 3.33. The monoisotopic (exact) mass is 418 g/mol. The molecule has 0 radical (unpaired) electrons. The van der Waals surface area contributed by atoms with E-state index in [1.165, 1.54) is 18.7 Å². The van der Waals surface area contributed by atoms with Gasteiger partial charge in [0.15, 0.2) is 10.9 Å². The van der Waals surface area contributed by atoms with Crippen molar-refractivity contribution < 1.29 is 14.3 Å². The zero-order valence-corrected chi connectivity index (χ0v) is 17.5. The van der Waals surface area contributed by atoms with E-state index < -0.39 is 5.25 Å². The lowest BCUT2D eigenvalue weighted by molar-refractivity contribution is -0.118. The van der Waals surface area contributed by atoms with Gasteiger partial charge in [0.1, 0.15) is 0 Å². The van der Waals surface area contributed by atoms with Crippen LogP contribution in [0.3, 0.4) is 0 Å². The number of aromatic nitrogens is 3. The molecule has 2 unspecified atom stereocenters. The van der Waals surface area contributed by atoms with E-state index in [9.17, 15) is 14.4 Å². The fraction of sp³-hybridized carbons (Fsp3) is 0.500. The molecule has 0 spiro atoms. The number of thioether (sulfide) groups is 1. The van der Waals surface area contributed by atoms with Crippen molar-refractivity contribution in [2.45, 2.75) is 56.2 Å². The zero-order chi connectivity index (χ0) is 20.8. The van der Waals surface area contributed by atoms with Gasteiger partial charge in [-0.3, -0.25) is 14.2 Å². The first-order chi connectivity index (χ1) is 13.9. The normalized spacial score (nSPS) is 17.2. The van der Waals surface area contributed by atoms with Crippen molar-refractivity contribution in [3.05, 3.63) is 45.9 Å². The number of carbonyl (C=O) groups excluding carboxylic acids is 2. The average molecular weight is 419 g/mol. The Kier molecular flexibility index (Phi) is 7.27. The number of Topliss-reactive ketones (excluding diaryl/α,β-unsaturated/α-hetero) is 1. The molecule has 1 amide bonds. The molecule has 9 heteroatoms. The van der Waals surface area contributed by atoms with Crippen LogP contribution in [0.15, 0.2) is 34.2 Å². The lowest BCUT2D eigenvalue weighted by atomic mass is 10.0. The first kappa shape index (κ1) is 21.3. The van der Waals surface area contributed by atoms with Gasteiger partial charge in [-0.05, 0) is 31.7 Å². The molecule has 2 N–H and O–H groups in total. The fourth-order valence-corrected chi connectivity index (χ4v) is 4.15. The summed E-state index contributed by atoms with van der Waals surface area (Å²) in [4.78, 5) is 35.8. The molecule has 1 fully saturated rings. The van der Waals surface area contributed by atoms with Crippen LogP contribution in [0.1, 0.15) is 42.6 Å². The van der Waals surface area contributed by atoms with E-state index in [-0.39, 0.29) is 23.5 Å². The summed E-state index contributed by atoms with van der Waals surface area (Å²) in [5, 5.41) is 9.41. The molecule has 8 nitrogen and oxygen atoms in total. The minimum absolute atomic E-state index is 0.0145. The van der Waals surface area contributed by atoms with Gasteiger partial charge in [0.05, 0.1) is 17.9 Å². The molecule has 1 aliphatic rings. The minimum atomic E-state index is -0.390. The second-order valence-corrected chi connectivity index (χ2v) is 8.42. The molecule has 1 aromatic heterocycles. The van der Waals surface area contributed by atoms with Crippen LogP contribution in [0.4, 0.5) is 0 Å². The number of amides is 1. The maximum Gasteiger partial charge on any atom is 0.344 e. The lowest BCUT2D eigenvalue weighted by Crippen LogP contribution is -2.25. The fourth-order valence-electron chi connectivity index (χ4n) is 3.21. The summed E-state index contributed by atoms with van der Waals surface area (Å²) >= 11 is 1.27. The van der Waals surface area contributed by atoms with E-state index in [2.05, 4.69) is 15.5 Å². The molecule has 0 aliphatic carbocycles. The Bertz CT molecular complexity index is 900. The van der Waals surface area contributed by atoms with Crippen molar-refractivity contribution in [3.8, 4) is 0 Å². The summed E-state index contributed by atoms with van der Waals surface area (Å²) in [6, 6.07) is 7.39. The van der Waals surface area contributed by atoms with Gasteiger partial charge in [-0.2, -0.15) is 0 Å². The summed E-state index contributed by atoms with van der Waals surface area (Å²) in [5.41, 5.74) is 1.37. The van der Waals surface area contributed by atoms with Crippen LogP contribution in [0.25, 0.3) is 0 Å². The van der Waals surface area contributed by atoms with E-state index in [4.69, 9.17) is 4.74 Å². The first-order valence-electron chi connectivity index (χ1n) is 9.75. The molecule has 2 aromatic rings. The van der Waals surface area contributed by atoms with Crippen molar-refractivity contribution in [2.24, 2.45) is 0 Å². The van der Waals surface area contributed by atoms with Crippen molar-refractivity contribution in [2.75, 3.05) is 13.2 Å². The Morgan fingerprint density at radius 1 is 1.38 bits per heavy atom. The SMILES string of the molecule is CC(=O)NCCc1ccc(C(=O)C(C)Sc2n[nH]c(=O)n2CC2CCCO2)cc1. The Morgan fingerprint density at radius 2 is 2.14 bits per heavy atom. The number of carbonyl (C=O) groups is 2. The number of hydrogen-bond donors (Lipinski definition) is 2. The van der Waals surface area contributed by atoms with E-state index in [0.717, 1.165) is 25.0 Å². The number of ether oxygens (including phenoxy) is 1. The molecule has 29 heavy (non-hydrogen) atoms. The Hall–Kier alpha value is -2.39. The molecular formula is C20H26N4O4S. The third kappa shape index (κ3) is 5.80. The number of hydrogen-bond acceptors (Lipinski definition) is 6. The molecule has 0 bridgehead atoms. The van der Waals surface area contributed by atoms with Crippen LogP contribution in [0.5, 0.6) is 0 Å². The second kappa shape index (κ2) is 9.89. The number of aromatic amines is 1. The first-order valence-corrected chi connectivity index (χ1v) is 10.6. The smallest absolute Gasteiger partial charge is 0.344 e. The van der Waals surface area contributed by atoms with Crippen molar-refractivity contribution in [1.29, 1.82) is 0 Å². The van der Waals surface area contributed by atoms with Gasteiger partial charge >= 0.3 is 5.69 Å². The molecule has 2 heterocycles. The van der Waals surface area contributed by atoms with Crippen molar-refractivity contribution in [1.82, 2.24) is 20.1 Å². The molecule has 156 valence electrons. The largest absolute Gasteiger partial charge is 0.376 e. The number of nitrogens with zero attached hydrogens (tertiary/aromatic N) is 2. The number of ketones is 1. The van der Waals surface area contributed by atoms with Gasteiger partial charge in [-0.15, -0.1) is 5.10 Å². The third-order valence-corrected chi connectivity index (χ3v) is 5.90.